The lowest BCUT2D eigenvalue weighted by molar-refractivity contribution is 0.573. The molecule has 23 heavy (non-hydrogen) atoms. The summed E-state index contributed by atoms with van der Waals surface area (Å²) in [4.78, 5) is 0. The zero-order valence-corrected chi connectivity index (χ0v) is 12.4. The molecule has 114 valence electrons. The van der Waals surface area contributed by atoms with Gasteiger partial charge in [-0.05, 0) is 53.4 Å². The predicted octanol–water partition coefficient (Wildman–Crippen LogP) is 5.34. The van der Waals surface area contributed by atoms with Crippen molar-refractivity contribution in [1.29, 1.82) is 0 Å². The molecule has 0 saturated heterocycles. The zero-order valence-electron chi connectivity index (χ0n) is 12.4. The maximum atomic E-state index is 14.0. The minimum atomic E-state index is -0.413. The van der Waals surface area contributed by atoms with Crippen LogP contribution >= 0.6 is 0 Å². The topological polar surface area (TPSA) is 12.0 Å². The number of benzene rings is 3. The van der Waals surface area contributed by atoms with Gasteiger partial charge in [0, 0.05) is 11.3 Å². The molecule has 0 bridgehead atoms. The molecule has 1 atom stereocenters. The Kier molecular flexibility index (Phi) is 3.34. The van der Waals surface area contributed by atoms with Gasteiger partial charge in [-0.25, -0.2) is 8.78 Å². The van der Waals surface area contributed by atoms with Gasteiger partial charge in [-0.2, -0.15) is 0 Å². The minimum absolute atomic E-state index is 0.230. The SMILES string of the molecule is Fc1ccc(F)c(C2Cc3cc(-c4ccccc4)ccc3N2)c1. The van der Waals surface area contributed by atoms with Crippen LogP contribution in [0.25, 0.3) is 11.1 Å². The molecule has 1 aliphatic heterocycles. The minimum Gasteiger partial charge on any atom is -0.378 e. The lowest BCUT2D eigenvalue weighted by Gasteiger charge is -2.12. The van der Waals surface area contributed by atoms with Crippen molar-refractivity contribution in [2.24, 2.45) is 0 Å². The first kappa shape index (κ1) is 13.9. The van der Waals surface area contributed by atoms with E-state index < -0.39 is 5.82 Å². The van der Waals surface area contributed by atoms with E-state index in [9.17, 15) is 8.78 Å². The summed E-state index contributed by atoms with van der Waals surface area (Å²) in [6.45, 7) is 0. The summed E-state index contributed by atoms with van der Waals surface area (Å²) in [5, 5.41) is 3.29. The normalized spacial score (nSPS) is 16.0. The van der Waals surface area contributed by atoms with Crippen molar-refractivity contribution < 1.29 is 8.78 Å². The van der Waals surface area contributed by atoms with Crippen molar-refractivity contribution in [3.8, 4) is 11.1 Å². The maximum Gasteiger partial charge on any atom is 0.128 e. The molecular formula is C20H15F2N. The first-order chi connectivity index (χ1) is 11.2. The second kappa shape index (κ2) is 5.51. The van der Waals surface area contributed by atoms with E-state index in [1.807, 2.05) is 30.3 Å². The Balaban J connectivity index is 1.66. The Morgan fingerprint density at radius 2 is 1.65 bits per heavy atom. The fourth-order valence-corrected chi connectivity index (χ4v) is 3.14. The highest BCUT2D eigenvalue weighted by molar-refractivity contribution is 5.70. The molecule has 3 aromatic carbocycles. The van der Waals surface area contributed by atoms with Gasteiger partial charge in [0.2, 0.25) is 0 Å². The summed E-state index contributed by atoms with van der Waals surface area (Å²) in [7, 11) is 0. The van der Waals surface area contributed by atoms with Crippen LogP contribution in [-0.2, 0) is 6.42 Å². The van der Waals surface area contributed by atoms with Gasteiger partial charge in [0.15, 0.2) is 0 Å². The fourth-order valence-electron chi connectivity index (χ4n) is 3.14. The van der Waals surface area contributed by atoms with Crippen molar-refractivity contribution in [1.82, 2.24) is 0 Å². The van der Waals surface area contributed by atoms with Gasteiger partial charge in [-0.1, -0.05) is 36.4 Å². The largest absolute Gasteiger partial charge is 0.378 e. The van der Waals surface area contributed by atoms with Gasteiger partial charge in [-0.15, -0.1) is 0 Å². The highest BCUT2D eigenvalue weighted by atomic mass is 19.1. The standard InChI is InChI=1S/C20H15F2N/c21-16-7-8-18(22)17(12-16)20-11-15-10-14(6-9-19(15)23-20)13-4-2-1-3-5-13/h1-10,12,20,23H,11H2. The molecule has 0 radical (unpaired) electrons. The summed E-state index contributed by atoms with van der Waals surface area (Å²) in [6.07, 6.45) is 0.649. The second-order valence-electron chi connectivity index (χ2n) is 5.80. The summed E-state index contributed by atoms with van der Waals surface area (Å²) < 4.78 is 27.4. The number of nitrogens with one attached hydrogen (secondary N) is 1. The van der Waals surface area contributed by atoms with Gasteiger partial charge in [0.05, 0.1) is 6.04 Å². The van der Waals surface area contributed by atoms with Crippen LogP contribution in [0.2, 0.25) is 0 Å². The third-order valence-electron chi connectivity index (χ3n) is 4.30. The van der Waals surface area contributed by atoms with E-state index in [0.717, 1.165) is 28.4 Å². The van der Waals surface area contributed by atoms with Crippen molar-refractivity contribution in [2.75, 3.05) is 5.32 Å². The van der Waals surface area contributed by atoms with Crippen LogP contribution in [0.1, 0.15) is 17.2 Å². The molecular weight excluding hydrogens is 292 g/mol. The molecule has 3 aromatic rings. The van der Waals surface area contributed by atoms with Crippen molar-refractivity contribution in [3.05, 3.63) is 89.5 Å². The molecule has 0 aromatic heterocycles. The summed E-state index contributed by atoms with van der Waals surface area (Å²) >= 11 is 0. The zero-order chi connectivity index (χ0) is 15.8. The van der Waals surface area contributed by atoms with E-state index in [1.54, 1.807) is 0 Å². The first-order valence-electron chi connectivity index (χ1n) is 7.60. The van der Waals surface area contributed by atoms with Gasteiger partial charge in [0.1, 0.15) is 11.6 Å². The third kappa shape index (κ3) is 2.59. The Hall–Kier alpha value is -2.68. The molecule has 0 spiro atoms. The second-order valence-corrected chi connectivity index (χ2v) is 5.80. The van der Waals surface area contributed by atoms with Crippen molar-refractivity contribution in [2.45, 2.75) is 12.5 Å². The van der Waals surface area contributed by atoms with Crippen LogP contribution in [0.5, 0.6) is 0 Å². The number of fused-ring (bicyclic) bond motifs is 1. The third-order valence-corrected chi connectivity index (χ3v) is 4.30. The van der Waals surface area contributed by atoms with Gasteiger partial charge < -0.3 is 5.32 Å². The Labute approximate surface area is 133 Å². The molecule has 1 heterocycles. The smallest absolute Gasteiger partial charge is 0.128 e. The Morgan fingerprint density at radius 3 is 2.48 bits per heavy atom. The number of hydrogen-bond acceptors (Lipinski definition) is 1. The molecule has 1 aliphatic rings. The van der Waals surface area contributed by atoms with Crippen LogP contribution < -0.4 is 5.32 Å². The van der Waals surface area contributed by atoms with Crippen LogP contribution in [-0.4, -0.2) is 0 Å². The molecule has 0 fully saturated rings. The molecule has 1 unspecified atom stereocenters. The van der Waals surface area contributed by atoms with E-state index in [4.69, 9.17) is 0 Å². The summed E-state index contributed by atoms with van der Waals surface area (Å²) in [5.41, 5.74) is 4.77. The lowest BCUT2D eigenvalue weighted by Crippen LogP contribution is -2.08. The quantitative estimate of drug-likeness (QED) is 0.673. The molecule has 3 heteroatoms. The Bertz CT molecular complexity index is 859. The highest BCUT2D eigenvalue weighted by Crippen LogP contribution is 2.37. The van der Waals surface area contributed by atoms with Crippen molar-refractivity contribution in [3.63, 3.8) is 0 Å². The number of rotatable bonds is 2. The molecule has 0 amide bonds. The van der Waals surface area contributed by atoms with E-state index in [0.29, 0.717) is 12.0 Å². The molecule has 1 N–H and O–H groups in total. The summed E-state index contributed by atoms with van der Waals surface area (Å²) in [6, 6.07) is 19.7. The first-order valence-corrected chi connectivity index (χ1v) is 7.60. The lowest BCUT2D eigenvalue weighted by atomic mass is 9.99. The van der Waals surface area contributed by atoms with Crippen LogP contribution in [0.3, 0.4) is 0 Å². The van der Waals surface area contributed by atoms with E-state index in [1.165, 1.54) is 12.1 Å². The Morgan fingerprint density at radius 1 is 0.826 bits per heavy atom. The average molecular weight is 307 g/mol. The highest BCUT2D eigenvalue weighted by Gasteiger charge is 2.25. The average Bonchev–Trinajstić information content (AvgIpc) is 3.00. The predicted molar refractivity (Wildman–Crippen MR) is 88.3 cm³/mol. The molecule has 0 saturated carbocycles. The molecule has 4 rings (SSSR count). The number of anilines is 1. The van der Waals surface area contributed by atoms with Crippen molar-refractivity contribution >= 4 is 5.69 Å². The monoisotopic (exact) mass is 307 g/mol. The summed E-state index contributed by atoms with van der Waals surface area (Å²) in [5.74, 6) is -0.788. The number of hydrogen-bond donors (Lipinski definition) is 1. The van der Waals surface area contributed by atoms with Gasteiger partial charge in [0.25, 0.3) is 0 Å². The van der Waals surface area contributed by atoms with Crippen LogP contribution in [0.15, 0.2) is 66.7 Å². The fraction of sp³-hybridized carbons (Fsp3) is 0.100. The van der Waals surface area contributed by atoms with Crippen LogP contribution in [0.4, 0.5) is 14.5 Å². The number of halogens is 2. The maximum absolute atomic E-state index is 14.0. The van der Waals surface area contributed by atoms with Crippen LogP contribution in [0, 0.1) is 11.6 Å². The molecule has 0 aliphatic carbocycles. The van der Waals surface area contributed by atoms with E-state index >= 15 is 0 Å². The van der Waals surface area contributed by atoms with E-state index in [2.05, 4.69) is 23.5 Å². The molecule has 1 nitrogen and oxygen atoms in total. The van der Waals surface area contributed by atoms with Gasteiger partial charge >= 0.3 is 0 Å². The van der Waals surface area contributed by atoms with Gasteiger partial charge in [-0.3, -0.25) is 0 Å². The van der Waals surface area contributed by atoms with E-state index in [-0.39, 0.29) is 11.9 Å².